The van der Waals surface area contributed by atoms with E-state index in [1.165, 1.54) is 0 Å². The van der Waals surface area contributed by atoms with Crippen molar-refractivity contribution in [3.05, 3.63) is 70.7 Å². The number of halogens is 2. The van der Waals surface area contributed by atoms with Crippen LogP contribution >= 0.6 is 23.2 Å². The van der Waals surface area contributed by atoms with Crippen molar-refractivity contribution in [1.82, 2.24) is 19.4 Å². The van der Waals surface area contributed by atoms with E-state index in [0.29, 0.717) is 28.7 Å². The van der Waals surface area contributed by atoms with Gasteiger partial charge >= 0.3 is 5.97 Å². The highest BCUT2D eigenvalue weighted by Crippen LogP contribution is 2.40. The lowest BCUT2D eigenvalue weighted by atomic mass is 9.81. The first-order chi connectivity index (χ1) is 17.4. The number of imidazole rings is 1. The summed E-state index contributed by atoms with van der Waals surface area (Å²) < 4.78 is 2.01. The average Bonchev–Trinajstić information content (AvgIpc) is 3.47. The Balaban J connectivity index is 1.48. The van der Waals surface area contributed by atoms with Crippen molar-refractivity contribution in [3.63, 3.8) is 0 Å². The Labute approximate surface area is 216 Å². The van der Waals surface area contributed by atoms with Gasteiger partial charge in [0.05, 0.1) is 17.1 Å². The molecule has 36 heavy (non-hydrogen) atoms. The molecular weight excluding hydrogens is 497 g/mol. The molecule has 0 radical (unpaired) electrons. The fraction of sp³-hybridized carbons (Fsp3) is 0.222. The number of H-pyrrole nitrogens is 1. The van der Waals surface area contributed by atoms with E-state index in [1.807, 2.05) is 40.9 Å². The number of fused-ring (bicyclic) bond motifs is 2. The number of hydrogen-bond acceptors (Lipinski definition) is 4. The van der Waals surface area contributed by atoms with Gasteiger partial charge in [-0.1, -0.05) is 47.5 Å². The van der Waals surface area contributed by atoms with E-state index in [2.05, 4.69) is 16.0 Å². The molecule has 1 aliphatic rings. The molecule has 0 atom stereocenters. The van der Waals surface area contributed by atoms with Crippen LogP contribution in [-0.4, -0.2) is 30.4 Å². The minimum atomic E-state index is -0.717. The molecule has 6 rings (SSSR count). The Morgan fingerprint density at radius 3 is 2.64 bits per heavy atom. The summed E-state index contributed by atoms with van der Waals surface area (Å²) in [5.74, 6) is 0.426. The highest BCUT2D eigenvalue weighted by atomic mass is 35.5. The number of hydrogen-bond donors (Lipinski definition) is 3. The molecule has 0 spiro atoms. The number of rotatable bonds is 4. The summed E-state index contributed by atoms with van der Waals surface area (Å²) in [5, 5.41) is 11.6. The zero-order valence-corrected chi connectivity index (χ0v) is 20.7. The summed E-state index contributed by atoms with van der Waals surface area (Å²) in [7, 11) is 0. The largest absolute Gasteiger partial charge is 0.481 e. The molecule has 3 aromatic heterocycles. The normalized spacial score (nSPS) is 18.2. The van der Waals surface area contributed by atoms with Gasteiger partial charge in [0.15, 0.2) is 0 Å². The lowest BCUT2D eigenvalue weighted by Crippen LogP contribution is -2.21. The van der Waals surface area contributed by atoms with Gasteiger partial charge in [0.2, 0.25) is 0 Å². The zero-order chi connectivity index (χ0) is 25.0. The smallest absolute Gasteiger partial charge is 0.306 e. The number of nitrogens with zero attached hydrogens (tertiary/aromatic N) is 3. The Bertz CT molecular complexity index is 1630. The van der Waals surface area contributed by atoms with Gasteiger partial charge in [-0.25, -0.2) is 9.97 Å². The molecule has 1 aliphatic carbocycles. The lowest BCUT2D eigenvalue weighted by molar-refractivity contribution is -0.142. The molecule has 0 amide bonds. The number of benzene rings is 2. The first-order valence-electron chi connectivity index (χ1n) is 11.8. The first kappa shape index (κ1) is 22.9. The van der Waals surface area contributed by atoms with Crippen LogP contribution in [0.4, 0.5) is 5.82 Å². The van der Waals surface area contributed by atoms with Crippen LogP contribution in [0.25, 0.3) is 38.9 Å². The number of aromatic amines is 1. The number of carboxylic acid groups (broad SMARTS) is 1. The molecule has 0 unspecified atom stereocenters. The molecule has 182 valence electrons. The Morgan fingerprint density at radius 1 is 1.08 bits per heavy atom. The number of aliphatic carboxylic acids is 1. The predicted octanol–water partition coefficient (Wildman–Crippen LogP) is 6.79. The minimum Gasteiger partial charge on any atom is -0.481 e. The summed E-state index contributed by atoms with van der Waals surface area (Å²) in [5.41, 5.74) is 11.4. The first-order valence-corrected chi connectivity index (χ1v) is 12.6. The van der Waals surface area contributed by atoms with Gasteiger partial charge in [-0.2, -0.15) is 0 Å². The minimum absolute atomic E-state index is 0.150. The van der Waals surface area contributed by atoms with Gasteiger partial charge in [0.25, 0.3) is 0 Å². The van der Waals surface area contributed by atoms with Gasteiger partial charge in [0.1, 0.15) is 22.9 Å². The molecule has 0 aliphatic heterocycles. The second kappa shape index (κ2) is 8.84. The maximum Gasteiger partial charge on any atom is 0.306 e. The van der Waals surface area contributed by atoms with E-state index in [0.717, 1.165) is 57.6 Å². The molecule has 5 aromatic rings. The summed E-state index contributed by atoms with van der Waals surface area (Å²) in [4.78, 5) is 24.4. The maximum absolute atomic E-state index is 11.4. The molecule has 4 N–H and O–H groups in total. The fourth-order valence-electron chi connectivity index (χ4n) is 5.38. The summed E-state index contributed by atoms with van der Waals surface area (Å²) in [6.45, 7) is 0. The second-order valence-corrected chi connectivity index (χ2v) is 10.2. The van der Waals surface area contributed by atoms with E-state index in [-0.39, 0.29) is 11.8 Å². The van der Waals surface area contributed by atoms with Gasteiger partial charge in [0, 0.05) is 44.9 Å². The van der Waals surface area contributed by atoms with Crippen LogP contribution in [0.1, 0.15) is 37.4 Å². The molecule has 7 nitrogen and oxygen atoms in total. The van der Waals surface area contributed by atoms with Crippen molar-refractivity contribution in [2.45, 2.75) is 31.6 Å². The van der Waals surface area contributed by atoms with E-state index in [4.69, 9.17) is 33.9 Å². The molecule has 0 bridgehead atoms. The van der Waals surface area contributed by atoms with Crippen LogP contribution in [0.2, 0.25) is 10.0 Å². The summed E-state index contributed by atoms with van der Waals surface area (Å²) in [6, 6.07) is 13.6. The van der Waals surface area contributed by atoms with Gasteiger partial charge in [-0.3, -0.25) is 9.20 Å². The van der Waals surface area contributed by atoms with E-state index in [9.17, 15) is 9.90 Å². The highest BCUT2D eigenvalue weighted by molar-refractivity contribution is 6.36. The molecule has 2 aromatic carbocycles. The fourth-order valence-corrected chi connectivity index (χ4v) is 5.89. The molecule has 1 saturated carbocycles. The van der Waals surface area contributed by atoms with Crippen molar-refractivity contribution in [2.24, 2.45) is 5.92 Å². The van der Waals surface area contributed by atoms with Crippen LogP contribution in [0.3, 0.4) is 0 Å². The maximum atomic E-state index is 11.4. The number of nitrogens with two attached hydrogens (primary N) is 1. The lowest BCUT2D eigenvalue weighted by Gasteiger charge is -2.25. The monoisotopic (exact) mass is 519 g/mol. The van der Waals surface area contributed by atoms with E-state index < -0.39 is 5.97 Å². The Kier molecular flexibility index (Phi) is 5.62. The van der Waals surface area contributed by atoms with Gasteiger partial charge in [-0.05, 0) is 43.9 Å². The number of carboxylic acids is 1. The predicted molar refractivity (Wildman–Crippen MR) is 142 cm³/mol. The molecule has 0 saturated heterocycles. The third-order valence-electron chi connectivity index (χ3n) is 7.18. The SMILES string of the molecule is Nc1nccn2c(C3CCC(C(=O)O)CC3)nc(-c3cc4cccc(-c5ccc(Cl)cc5Cl)c4[nH]3)c12. The quantitative estimate of drug-likeness (QED) is 0.242. The number of anilines is 1. The van der Waals surface area contributed by atoms with Crippen molar-refractivity contribution in [1.29, 1.82) is 0 Å². The number of nitrogens with one attached hydrogen (secondary N) is 1. The number of para-hydroxylation sites is 1. The van der Waals surface area contributed by atoms with Crippen molar-refractivity contribution in [2.75, 3.05) is 5.73 Å². The van der Waals surface area contributed by atoms with Crippen molar-refractivity contribution in [3.8, 4) is 22.5 Å². The van der Waals surface area contributed by atoms with E-state index in [1.54, 1.807) is 12.3 Å². The molecule has 3 heterocycles. The Hall–Kier alpha value is -3.55. The molecule has 9 heteroatoms. The number of carbonyl (C=O) groups is 1. The molecule has 1 fully saturated rings. The van der Waals surface area contributed by atoms with Crippen molar-refractivity contribution >= 4 is 51.4 Å². The van der Waals surface area contributed by atoms with Crippen LogP contribution in [0, 0.1) is 5.92 Å². The molecular formula is C27H23Cl2N5O2. The average molecular weight is 520 g/mol. The van der Waals surface area contributed by atoms with Crippen molar-refractivity contribution < 1.29 is 9.90 Å². The Morgan fingerprint density at radius 2 is 1.89 bits per heavy atom. The third-order valence-corrected chi connectivity index (χ3v) is 7.73. The van der Waals surface area contributed by atoms with E-state index >= 15 is 0 Å². The second-order valence-electron chi connectivity index (χ2n) is 9.31. The number of nitrogen functional groups attached to an aromatic ring is 1. The highest BCUT2D eigenvalue weighted by Gasteiger charge is 2.30. The standard InChI is InChI=1S/C27H23Cl2N5O2/c28-17-8-9-18(20(29)13-17)19-3-1-2-16-12-21(32-22(16)19)23-24-25(30)31-10-11-34(24)26(33-23)14-4-6-15(7-5-14)27(35)36/h1-3,8-15,32H,4-7H2,(H2,30,31)(H,35,36). The van der Waals surface area contributed by atoms with Crippen LogP contribution < -0.4 is 5.73 Å². The van der Waals surface area contributed by atoms with Crippen LogP contribution in [0.5, 0.6) is 0 Å². The number of aromatic nitrogens is 4. The van der Waals surface area contributed by atoms with Gasteiger partial charge in [-0.15, -0.1) is 0 Å². The van der Waals surface area contributed by atoms with Gasteiger partial charge < -0.3 is 15.8 Å². The topological polar surface area (TPSA) is 109 Å². The summed E-state index contributed by atoms with van der Waals surface area (Å²) >= 11 is 12.6. The van der Waals surface area contributed by atoms with Crippen LogP contribution in [0.15, 0.2) is 54.9 Å². The third kappa shape index (κ3) is 3.79. The summed E-state index contributed by atoms with van der Waals surface area (Å²) in [6.07, 6.45) is 6.37. The zero-order valence-electron chi connectivity index (χ0n) is 19.2. The van der Waals surface area contributed by atoms with Crippen LogP contribution in [-0.2, 0) is 4.79 Å².